The molecule has 0 spiro atoms. The second-order valence-corrected chi connectivity index (χ2v) is 9.44. The first kappa shape index (κ1) is 29.8. The molecule has 0 bridgehead atoms. The number of thiol groups is 1. The van der Waals surface area contributed by atoms with Crippen molar-refractivity contribution in [2.24, 2.45) is 11.7 Å². The van der Waals surface area contributed by atoms with Gasteiger partial charge in [-0.1, -0.05) is 50.6 Å². The van der Waals surface area contributed by atoms with Crippen molar-refractivity contribution in [1.82, 2.24) is 16.0 Å². The number of thioether (sulfide) groups is 1. The molecule has 5 atom stereocenters. The van der Waals surface area contributed by atoms with Gasteiger partial charge in [0, 0.05) is 12.2 Å². The van der Waals surface area contributed by atoms with Crippen LogP contribution in [0.1, 0.15) is 32.3 Å². The highest BCUT2D eigenvalue weighted by Gasteiger charge is 2.30. The smallest absolute Gasteiger partial charge is 0.326 e. The number of carboxylic acids is 1. The first-order valence-corrected chi connectivity index (χ1v) is 13.2. The van der Waals surface area contributed by atoms with E-state index in [-0.39, 0.29) is 24.5 Å². The average Bonchev–Trinajstić information content (AvgIpc) is 2.83. The summed E-state index contributed by atoms with van der Waals surface area (Å²) in [6.45, 7) is 3.76. The van der Waals surface area contributed by atoms with Gasteiger partial charge in [-0.25, -0.2) is 4.79 Å². The maximum absolute atomic E-state index is 13.0. The summed E-state index contributed by atoms with van der Waals surface area (Å²) in [5, 5.41) is 17.2. The molecule has 1 aromatic rings. The molecule has 0 radical (unpaired) electrons. The van der Waals surface area contributed by atoms with Gasteiger partial charge in [0.2, 0.25) is 17.7 Å². The number of carbonyl (C=O) groups excluding carboxylic acids is 3. The van der Waals surface area contributed by atoms with Gasteiger partial charge in [-0.3, -0.25) is 14.4 Å². The minimum atomic E-state index is -1.15. The first-order chi connectivity index (χ1) is 16.1. The monoisotopic (exact) mass is 512 g/mol. The van der Waals surface area contributed by atoms with Crippen LogP contribution in [0.15, 0.2) is 30.3 Å². The Morgan fingerprint density at radius 1 is 1.00 bits per heavy atom. The number of benzene rings is 1. The van der Waals surface area contributed by atoms with Gasteiger partial charge in [-0.05, 0) is 29.9 Å². The summed E-state index contributed by atoms with van der Waals surface area (Å²) in [6.07, 6.45) is 2.94. The molecule has 1 aromatic carbocycles. The van der Waals surface area contributed by atoms with Gasteiger partial charge in [0.25, 0.3) is 0 Å². The topological polar surface area (TPSA) is 151 Å². The van der Waals surface area contributed by atoms with Gasteiger partial charge < -0.3 is 26.8 Å². The van der Waals surface area contributed by atoms with E-state index >= 15 is 0 Å². The lowest BCUT2D eigenvalue weighted by Gasteiger charge is -2.25. The molecule has 0 heterocycles. The van der Waals surface area contributed by atoms with E-state index in [1.165, 1.54) is 11.8 Å². The van der Waals surface area contributed by atoms with Crippen LogP contribution in [0.5, 0.6) is 0 Å². The summed E-state index contributed by atoms with van der Waals surface area (Å²) >= 11 is 5.64. The molecule has 0 saturated carbocycles. The molecule has 0 aliphatic carbocycles. The summed E-state index contributed by atoms with van der Waals surface area (Å²) in [6, 6.07) is 5.12. The molecule has 190 valence electrons. The summed E-state index contributed by atoms with van der Waals surface area (Å²) in [4.78, 5) is 50.0. The lowest BCUT2D eigenvalue weighted by atomic mass is 9.99. The predicted molar refractivity (Wildman–Crippen MR) is 138 cm³/mol. The fraction of sp³-hybridized carbons (Fsp3) is 0.565. The Balaban J connectivity index is 3.00. The normalized spacial score (nSPS) is 15.3. The molecule has 0 fully saturated rings. The third-order valence-corrected chi connectivity index (χ3v) is 6.53. The first-order valence-electron chi connectivity index (χ1n) is 11.2. The van der Waals surface area contributed by atoms with Gasteiger partial charge in [0.1, 0.15) is 18.1 Å². The summed E-state index contributed by atoms with van der Waals surface area (Å²) in [5.74, 6) is -2.37. The van der Waals surface area contributed by atoms with Crippen molar-refractivity contribution < 1.29 is 24.3 Å². The number of nitrogens with one attached hydrogen (secondary N) is 3. The molecule has 1 rings (SSSR count). The van der Waals surface area contributed by atoms with Crippen molar-refractivity contribution in [2.45, 2.75) is 57.3 Å². The third kappa shape index (κ3) is 9.94. The Bertz CT molecular complexity index is 812. The molecule has 0 aromatic heterocycles. The van der Waals surface area contributed by atoms with Gasteiger partial charge in [0.05, 0.1) is 6.04 Å². The van der Waals surface area contributed by atoms with E-state index in [2.05, 4.69) is 28.6 Å². The Labute approximate surface area is 210 Å². The lowest BCUT2D eigenvalue weighted by molar-refractivity contribution is -0.142. The largest absolute Gasteiger partial charge is 0.480 e. The molecular formula is C23H36N4O5S2. The summed E-state index contributed by atoms with van der Waals surface area (Å²) < 4.78 is 0. The Morgan fingerprint density at radius 3 is 2.09 bits per heavy atom. The highest BCUT2D eigenvalue weighted by molar-refractivity contribution is 7.98. The number of hydrogen-bond acceptors (Lipinski definition) is 7. The zero-order valence-electron chi connectivity index (χ0n) is 19.8. The molecule has 0 aliphatic heterocycles. The predicted octanol–water partition coefficient (Wildman–Crippen LogP) is 0.824. The summed E-state index contributed by atoms with van der Waals surface area (Å²) in [5.41, 5.74) is 6.74. The number of hydrogen-bond donors (Lipinski definition) is 6. The van der Waals surface area contributed by atoms with Gasteiger partial charge in [-0.15, -0.1) is 0 Å². The van der Waals surface area contributed by atoms with Crippen LogP contribution in [-0.4, -0.2) is 70.7 Å². The van der Waals surface area contributed by atoms with Crippen LogP contribution >= 0.6 is 24.4 Å². The van der Waals surface area contributed by atoms with E-state index in [9.17, 15) is 24.3 Å². The van der Waals surface area contributed by atoms with Crippen LogP contribution in [0.2, 0.25) is 0 Å². The zero-order chi connectivity index (χ0) is 25.7. The number of aliphatic carboxylic acids is 1. The average molecular weight is 513 g/mol. The van der Waals surface area contributed by atoms with E-state index in [1.807, 2.05) is 26.2 Å². The Morgan fingerprint density at radius 2 is 1.56 bits per heavy atom. The van der Waals surface area contributed by atoms with Crippen molar-refractivity contribution >= 4 is 48.1 Å². The van der Waals surface area contributed by atoms with E-state index < -0.39 is 47.9 Å². The minimum absolute atomic E-state index is 0.00402. The van der Waals surface area contributed by atoms with Crippen molar-refractivity contribution in [3.63, 3.8) is 0 Å². The second kappa shape index (κ2) is 15.6. The maximum Gasteiger partial charge on any atom is 0.326 e. The minimum Gasteiger partial charge on any atom is -0.480 e. The molecule has 0 aliphatic rings. The van der Waals surface area contributed by atoms with Gasteiger partial charge in [-0.2, -0.15) is 24.4 Å². The highest BCUT2D eigenvalue weighted by atomic mass is 32.2. The molecule has 6 N–H and O–H groups in total. The van der Waals surface area contributed by atoms with Crippen LogP contribution < -0.4 is 21.7 Å². The molecule has 3 amide bonds. The van der Waals surface area contributed by atoms with E-state index in [4.69, 9.17) is 5.73 Å². The second-order valence-electron chi connectivity index (χ2n) is 8.09. The quantitative estimate of drug-likeness (QED) is 0.190. The number of rotatable bonds is 15. The fourth-order valence-electron chi connectivity index (χ4n) is 3.07. The molecule has 9 nitrogen and oxygen atoms in total. The van der Waals surface area contributed by atoms with Crippen LogP contribution in [-0.2, 0) is 25.6 Å². The maximum atomic E-state index is 13.0. The van der Waals surface area contributed by atoms with Crippen molar-refractivity contribution in [1.29, 1.82) is 0 Å². The van der Waals surface area contributed by atoms with Crippen LogP contribution in [0.4, 0.5) is 0 Å². The van der Waals surface area contributed by atoms with E-state index in [0.29, 0.717) is 12.2 Å². The molecule has 0 saturated heterocycles. The molecule has 11 heteroatoms. The highest BCUT2D eigenvalue weighted by Crippen LogP contribution is 2.08. The zero-order valence-corrected chi connectivity index (χ0v) is 21.5. The van der Waals surface area contributed by atoms with Crippen LogP contribution in [0, 0.1) is 5.92 Å². The van der Waals surface area contributed by atoms with Gasteiger partial charge in [0.15, 0.2) is 0 Å². The third-order valence-electron chi connectivity index (χ3n) is 5.52. The molecule has 34 heavy (non-hydrogen) atoms. The number of carboxylic acid groups (broad SMARTS) is 1. The fourth-order valence-corrected chi connectivity index (χ4v) is 3.80. The van der Waals surface area contributed by atoms with Crippen molar-refractivity contribution in [3.8, 4) is 0 Å². The molecule has 5 unspecified atom stereocenters. The Kier molecular flexibility index (Phi) is 13.7. The van der Waals surface area contributed by atoms with E-state index in [1.54, 1.807) is 24.3 Å². The number of nitrogens with two attached hydrogens (primary N) is 1. The van der Waals surface area contributed by atoms with E-state index in [0.717, 1.165) is 5.56 Å². The van der Waals surface area contributed by atoms with Crippen molar-refractivity contribution in [3.05, 3.63) is 35.9 Å². The number of amides is 3. The SMILES string of the molecule is CCC(C)C(N)C(=O)NC(CS)C(=O)NC(Cc1ccccc1)C(=O)NC(CCSC)C(=O)O. The van der Waals surface area contributed by atoms with Crippen LogP contribution in [0.25, 0.3) is 0 Å². The summed E-state index contributed by atoms with van der Waals surface area (Å²) in [7, 11) is 0. The van der Waals surface area contributed by atoms with Crippen LogP contribution in [0.3, 0.4) is 0 Å². The lowest BCUT2D eigenvalue weighted by Crippen LogP contribution is -2.58. The standard InChI is InChI=1S/C23H36N4O5S2/c1-4-14(2)19(24)22(30)27-18(13-33)21(29)26-17(12-15-8-6-5-7-9-15)20(28)25-16(23(31)32)10-11-34-3/h5-9,14,16-19,33H,4,10-13,24H2,1-3H3,(H,25,28)(H,26,29)(H,27,30)(H,31,32). The molecular weight excluding hydrogens is 476 g/mol. The Hall–Kier alpha value is -2.24. The number of carbonyl (C=O) groups is 4. The van der Waals surface area contributed by atoms with Crippen molar-refractivity contribution in [2.75, 3.05) is 17.8 Å². The van der Waals surface area contributed by atoms with Gasteiger partial charge >= 0.3 is 5.97 Å².